The number of ether oxygens (including phenoxy) is 1. The number of nitrogens with one attached hydrogen (secondary N) is 1. The van der Waals surface area contributed by atoms with Gasteiger partial charge < -0.3 is 26.4 Å². The maximum atomic E-state index is 14.2. The van der Waals surface area contributed by atoms with Crippen molar-refractivity contribution in [2.75, 3.05) is 36.1 Å². The molecule has 10 heteroatoms. The quantitative estimate of drug-likeness (QED) is 0.542. The molecule has 1 aliphatic heterocycles. The van der Waals surface area contributed by atoms with Crippen LogP contribution in [-0.4, -0.2) is 48.2 Å². The van der Waals surface area contributed by atoms with Crippen molar-refractivity contribution in [1.29, 1.82) is 0 Å². The molecule has 4 rings (SSSR count). The highest BCUT2D eigenvalue weighted by Gasteiger charge is 2.27. The number of pyridine rings is 2. The molecule has 0 saturated carbocycles. The van der Waals surface area contributed by atoms with Crippen molar-refractivity contribution in [2.24, 2.45) is 5.73 Å². The number of hydrogen-bond donors (Lipinski definition) is 3. The molecule has 0 aliphatic carbocycles. The first kappa shape index (κ1) is 22.6. The number of amides is 1. The average molecular weight is 454 g/mol. The zero-order valence-electron chi connectivity index (χ0n) is 18.0. The second kappa shape index (κ2) is 9.47. The fourth-order valence-corrected chi connectivity index (χ4v) is 3.93. The van der Waals surface area contributed by atoms with Crippen LogP contribution in [0.2, 0.25) is 0 Å². The van der Waals surface area contributed by atoms with Gasteiger partial charge in [-0.05, 0) is 36.8 Å². The minimum atomic E-state index is -0.790. The highest BCUT2D eigenvalue weighted by molar-refractivity contribution is 6.08. The Balaban J connectivity index is 1.64. The second-order valence-corrected chi connectivity index (χ2v) is 7.84. The van der Waals surface area contributed by atoms with Gasteiger partial charge in [-0.15, -0.1) is 0 Å². The van der Waals surface area contributed by atoms with Crippen LogP contribution in [0, 0.1) is 11.6 Å². The largest absolute Gasteiger partial charge is 0.397 e. The van der Waals surface area contributed by atoms with Crippen LogP contribution in [0.15, 0.2) is 48.8 Å². The number of carbonyl (C=O) groups is 1. The number of hydrogen-bond acceptors (Lipinski definition) is 7. The predicted octanol–water partition coefficient (Wildman–Crippen LogP) is 2.81. The maximum absolute atomic E-state index is 14.2. The standard InChI is InChI=1S/C23H24F2N6O2/c1-33-14-9-13(26)11-31(12-14)20-7-8-28-10-19(20)30-23(32)22-17(27)5-6-18(29-22)21-15(24)3-2-4-16(21)25/h2-8,10,13-14H,9,11-12,26-27H2,1H3,(H,30,32). The number of halogens is 2. The second-order valence-electron chi connectivity index (χ2n) is 7.84. The molecule has 1 aliphatic rings. The molecule has 8 nitrogen and oxygen atoms in total. The van der Waals surface area contributed by atoms with E-state index in [2.05, 4.69) is 15.3 Å². The van der Waals surface area contributed by atoms with Gasteiger partial charge in [0.05, 0.1) is 40.6 Å². The van der Waals surface area contributed by atoms with Crippen molar-refractivity contribution in [2.45, 2.75) is 18.6 Å². The van der Waals surface area contributed by atoms with E-state index in [1.165, 1.54) is 24.4 Å². The van der Waals surface area contributed by atoms with E-state index in [9.17, 15) is 13.6 Å². The monoisotopic (exact) mass is 454 g/mol. The summed E-state index contributed by atoms with van der Waals surface area (Å²) in [6, 6.07) is 7.92. The van der Waals surface area contributed by atoms with Gasteiger partial charge in [0.15, 0.2) is 5.69 Å². The average Bonchev–Trinajstić information content (AvgIpc) is 2.79. The van der Waals surface area contributed by atoms with E-state index in [0.29, 0.717) is 24.5 Å². The highest BCUT2D eigenvalue weighted by Crippen LogP contribution is 2.30. The van der Waals surface area contributed by atoms with Crippen LogP contribution in [0.1, 0.15) is 16.9 Å². The third-order valence-electron chi connectivity index (χ3n) is 5.53. The van der Waals surface area contributed by atoms with Gasteiger partial charge in [-0.25, -0.2) is 13.8 Å². The van der Waals surface area contributed by atoms with Crippen LogP contribution in [0.25, 0.3) is 11.3 Å². The Hall–Kier alpha value is -3.63. The minimum Gasteiger partial charge on any atom is -0.397 e. The van der Waals surface area contributed by atoms with Crippen LogP contribution in [0.5, 0.6) is 0 Å². The zero-order chi connectivity index (χ0) is 23.5. The SMILES string of the molecule is COC1CC(N)CN(c2ccncc2NC(=O)c2nc(-c3c(F)cccc3F)ccc2N)C1. The van der Waals surface area contributed by atoms with E-state index in [4.69, 9.17) is 16.2 Å². The van der Waals surface area contributed by atoms with Crippen molar-refractivity contribution < 1.29 is 18.3 Å². The lowest BCUT2D eigenvalue weighted by Gasteiger charge is -2.37. The molecule has 1 saturated heterocycles. The maximum Gasteiger partial charge on any atom is 0.276 e. The molecule has 0 bridgehead atoms. The molecule has 2 aromatic heterocycles. The van der Waals surface area contributed by atoms with Gasteiger partial charge in [-0.3, -0.25) is 9.78 Å². The van der Waals surface area contributed by atoms with Crippen molar-refractivity contribution >= 4 is 23.0 Å². The number of benzene rings is 1. The van der Waals surface area contributed by atoms with E-state index in [0.717, 1.165) is 18.6 Å². The van der Waals surface area contributed by atoms with Gasteiger partial charge in [0, 0.05) is 32.4 Å². The van der Waals surface area contributed by atoms with Crippen LogP contribution in [0.4, 0.5) is 25.8 Å². The first-order valence-corrected chi connectivity index (χ1v) is 10.4. The summed E-state index contributed by atoms with van der Waals surface area (Å²) in [5.41, 5.74) is 12.8. The Kier molecular flexibility index (Phi) is 6.47. The van der Waals surface area contributed by atoms with Crippen LogP contribution in [-0.2, 0) is 4.74 Å². The van der Waals surface area contributed by atoms with Crippen LogP contribution in [0.3, 0.4) is 0 Å². The number of rotatable bonds is 5. The van der Waals surface area contributed by atoms with E-state index >= 15 is 0 Å². The summed E-state index contributed by atoms with van der Waals surface area (Å²) in [5.74, 6) is -2.21. The predicted molar refractivity (Wildman–Crippen MR) is 122 cm³/mol. The number of nitrogens with zero attached hydrogens (tertiary/aromatic N) is 3. The third-order valence-corrected chi connectivity index (χ3v) is 5.53. The summed E-state index contributed by atoms with van der Waals surface area (Å²) in [4.78, 5) is 23.3. The lowest BCUT2D eigenvalue weighted by molar-refractivity contribution is 0.0836. The van der Waals surface area contributed by atoms with Crippen LogP contribution >= 0.6 is 0 Å². The van der Waals surface area contributed by atoms with Crippen molar-refractivity contribution in [3.8, 4) is 11.3 Å². The molecule has 3 heterocycles. The minimum absolute atomic E-state index is 0.0405. The van der Waals surface area contributed by atoms with E-state index in [1.807, 2.05) is 4.90 Å². The van der Waals surface area contributed by atoms with Gasteiger partial charge in [-0.1, -0.05) is 6.07 Å². The molecule has 33 heavy (non-hydrogen) atoms. The molecular formula is C23H24F2N6O2. The molecule has 1 fully saturated rings. The van der Waals surface area contributed by atoms with E-state index < -0.39 is 17.5 Å². The molecule has 5 N–H and O–H groups in total. The molecular weight excluding hydrogens is 430 g/mol. The molecule has 2 atom stereocenters. The summed E-state index contributed by atoms with van der Waals surface area (Å²) in [7, 11) is 1.63. The molecule has 2 unspecified atom stereocenters. The Morgan fingerprint density at radius 1 is 1.18 bits per heavy atom. The number of carbonyl (C=O) groups excluding carboxylic acids is 1. The van der Waals surface area contributed by atoms with Crippen molar-refractivity contribution in [3.63, 3.8) is 0 Å². The summed E-state index contributed by atoms with van der Waals surface area (Å²) < 4.78 is 33.9. The fourth-order valence-electron chi connectivity index (χ4n) is 3.93. The number of aromatic nitrogens is 2. The highest BCUT2D eigenvalue weighted by atomic mass is 19.1. The number of nitrogens with two attached hydrogens (primary N) is 2. The summed E-state index contributed by atoms with van der Waals surface area (Å²) in [6.07, 6.45) is 3.81. The van der Waals surface area contributed by atoms with E-state index in [1.54, 1.807) is 19.4 Å². The Labute approximate surface area is 189 Å². The summed E-state index contributed by atoms with van der Waals surface area (Å²) in [6.45, 7) is 1.18. The molecule has 3 aromatic rings. The Morgan fingerprint density at radius 3 is 2.67 bits per heavy atom. The van der Waals surface area contributed by atoms with Gasteiger partial charge in [0.1, 0.15) is 11.6 Å². The molecule has 172 valence electrons. The van der Waals surface area contributed by atoms with Crippen molar-refractivity contribution in [3.05, 3.63) is 66.1 Å². The first-order valence-electron chi connectivity index (χ1n) is 10.4. The lowest BCUT2D eigenvalue weighted by Crippen LogP contribution is -2.50. The Morgan fingerprint density at radius 2 is 1.94 bits per heavy atom. The number of piperidine rings is 1. The van der Waals surface area contributed by atoms with Gasteiger partial charge in [0.2, 0.25) is 0 Å². The summed E-state index contributed by atoms with van der Waals surface area (Å²) in [5, 5.41) is 2.77. The fraction of sp³-hybridized carbons (Fsp3) is 0.261. The smallest absolute Gasteiger partial charge is 0.276 e. The van der Waals surface area contributed by atoms with Crippen molar-refractivity contribution in [1.82, 2.24) is 9.97 Å². The van der Waals surface area contributed by atoms with Gasteiger partial charge in [0.25, 0.3) is 5.91 Å². The topological polar surface area (TPSA) is 119 Å². The summed E-state index contributed by atoms with van der Waals surface area (Å²) >= 11 is 0. The molecule has 0 radical (unpaired) electrons. The number of methoxy groups -OCH3 is 1. The molecule has 0 spiro atoms. The van der Waals surface area contributed by atoms with Gasteiger partial charge >= 0.3 is 0 Å². The number of nitrogen functional groups attached to an aromatic ring is 1. The lowest BCUT2D eigenvalue weighted by atomic mass is 10.0. The van der Waals surface area contributed by atoms with Crippen LogP contribution < -0.4 is 21.7 Å². The first-order chi connectivity index (χ1) is 15.9. The van der Waals surface area contributed by atoms with E-state index in [-0.39, 0.29) is 34.8 Å². The molecule has 1 amide bonds. The third kappa shape index (κ3) is 4.76. The normalized spacial score (nSPS) is 18.2. The van der Waals surface area contributed by atoms with Gasteiger partial charge in [-0.2, -0.15) is 0 Å². The molecule has 1 aromatic carbocycles. The Bertz CT molecular complexity index is 1160. The number of anilines is 3. The zero-order valence-corrected chi connectivity index (χ0v) is 18.0.